The highest BCUT2D eigenvalue weighted by atomic mass is 35.5. The molecular formula is C24H19ClN6O6. The largest absolute Gasteiger partial charge is 0.480 e. The number of hydrogen-bond donors (Lipinski definition) is 3. The molecule has 0 spiro atoms. The number of carboxylic acids is 1. The number of ether oxygens (including phenoxy) is 1. The molecule has 4 N–H and O–H groups in total. The zero-order chi connectivity index (χ0) is 26.5. The van der Waals surface area contributed by atoms with Crippen molar-refractivity contribution in [3.05, 3.63) is 104 Å². The normalized spacial score (nSPS) is 10.6. The summed E-state index contributed by atoms with van der Waals surface area (Å²) in [4.78, 5) is 55.9. The first-order valence-corrected chi connectivity index (χ1v) is 11.1. The predicted octanol–water partition coefficient (Wildman–Crippen LogP) is 2.22. The van der Waals surface area contributed by atoms with Crippen molar-refractivity contribution in [1.82, 2.24) is 19.1 Å². The molecule has 0 radical (unpaired) electrons. The molecule has 0 fully saturated rings. The SMILES string of the molecule is NC(=O)c1cccc(Oc2ccc(Nc3nc(=O)n(CC(=O)O)c(=O)n3Cc3ccc(Cl)cc3)cc2)n1. The van der Waals surface area contributed by atoms with Crippen LogP contribution in [0.1, 0.15) is 16.1 Å². The first kappa shape index (κ1) is 25.1. The fourth-order valence-electron chi connectivity index (χ4n) is 3.28. The van der Waals surface area contributed by atoms with E-state index in [1.165, 1.54) is 6.07 Å². The topological polar surface area (TPSA) is 171 Å². The lowest BCUT2D eigenvalue weighted by atomic mass is 10.2. The van der Waals surface area contributed by atoms with Gasteiger partial charge in [0.2, 0.25) is 11.8 Å². The number of nitrogens with two attached hydrogens (primary N) is 1. The van der Waals surface area contributed by atoms with Crippen molar-refractivity contribution in [2.75, 3.05) is 5.32 Å². The number of anilines is 2. The van der Waals surface area contributed by atoms with E-state index >= 15 is 0 Å². The summed E-state index contributed by atoms with van der Waals surface area (Å²) in [5, 5.41) is 12.5. The number of halogens is 1. The molecule has 0 aliphatic rings. The number of aromatic nitrogens is 4. The summed E-state index contributed by atoms with van der Waals surface area (Å²) in [7, 11) is 0. The van der Waals surface area contributed by atoms with Crippen LogP contribution in [0.15, 0.2) is 76.3 Å². The molecule has 1 amide bonds. The Kier molecular flexibility index (Phi) is 7.30. The van der Waals surface area contributed by atoms with Crippen LogP contribution in [-0.2, 0) is 17.9 Å². The van der Waals surface area contributed by atoms with Gasteiger partial charge in [-0.2, -0.15) is 4.98 Å². The van der Waals surface area contributed by atoms with Crippen LogP contribution in [0.3, 0.4) is 0 Å². The molecule has 0 unspecified atom stereocenters. The average Bonchev–Trinajstić information content (AvgIpc) is 2.86. The van der Waals surface area contributed by atoms with Crippen molar-refractivity contribution in [3.8, 4) is 11.6 Å². The molecule has 0 aliphatic carbocycles. The average molecular weight is 523 g/mol. The van der Waals surface area contributed by atoms with Crippen LogP contribution >= 0.6 is 11.6 Å². The van der Waals surface area contributed by atoms with Gasteiger partial charge in [0.05, 0.1) is 6.54 Å². The van der Waals surface area contributed by atoms with Crippen molar-refractivity contribution < 1.29 is 19.4 Å². The van der Waals surface area contributed by atoms with Crippen molar-refractivity contribution in [2.45, 2.75) is 13.1 Å². The van der Waals surface area contributed by atoms with E-state index in [-0.39, 0.29) is 24.1 Å². The van der Waals surface area contributed by atoms with E-state index in [1.54, 1.807) is 60.7 Å². The van der Waals surface area contributed by atoms with Gasteiger partial charge in [-0.05, 0) is 48.0 Å². The van der Waals surface area contributed by atoms with E-state index in [2.05, 4.69) is 15.3 Å². The van der Waals surface area contributed by atoms with Crippen LogP contribution in [0.5, 0.6) is 11.6 Å². The molecule has 4 aromatic rings. The molecule has 37 heavy (non-hydrogen) atoms. The fraction of sp³-hybridized carbons (Fsp3) is 0.0833. The molecular weight excluding hydrogens is 504 g/mol. The zero-order valence-electron chi connectivity index (χ0n) is 19.0. The number of amides is 1. The lowest BCUT2D eigenvalue weighted by Gasteiger charge is -2.15. The minimum atomic E-state index is -1.36. The summed E-state index contributed by atoms with van der Waals surface area (Å²) in [5.41, 5.74) is 4.56. The van der Waals surface area contributed by atoms with Crippen LogP contribution in [0, 0.1) is 0 Å². The molecule has 188 valence electrons. The molecule has 2 aromatic carbocycles. The second-order valence-corrected chi connectivity index (χ2v) is 8.11. The van der Waals surface area contributed by atoms with Gasteiger partial charge in [-0.25, -0.2) is 19.1 Å². The summed E-state index contributed by atoms with van der Waals surface area (Å²) >= 11 is 5.93. The molecule has 0 atom stereocenters. The molecule has 13 heteroatoms. The molecule has 2 heterocycles. The number of rotatable bonds is 9. The molecule has 0 saturated heterocycles. The summed E-state index contributed by atoms with van der Waals surface area (Å²) in [6, 6.07) is 17.7. The number of pyridine rings is 1. The Labute approximate surface area is 213 Å². The Morgan fingerprint density at radius 3 is 2.32 bits per heavy atom. The van der Waals surface area contributed by atoms with E-state index in [4.69, 9.17) is 27.2 Å². The minimum absolute atomic E-state index is 0.00565. The number of nitrogens with one attached hydrogen (secondary N) is 1. The number of aliphatic carboxylic acids is 1. The Morgan fingerprint density at radius 2 is 1.68 bits per heavy atom. The first-order valence-electron chi connectivity index (χ1n) is 10.7. The van der Waals surface area contributed by atoms with E-state index in [1.807, 2.05) is 0 Å². The standard InChI is InChI=1S/C24H19ClN6O6/c25-15-6-4-14(5-7-15)12-30-22(29-23(35)31(24(30)36)13-20(32)33)27-16-8-10-17(11-9-16)37-19-3-1-2-18(28-19)21(26)34/h1-11H,12-13H2,(H2,26,34)(H,32,33)(H,27,29,35). The first-order chi connectivity index (χ1) is 17.7. The van der Waals surface area contributed by atoms with Crippen molar-refractivity contribution in [3.63, 3.8) is 0 Å². The highest BCUT2D eigenvalue weighted by Gasteiger charge is 2.16. The van der Waals surface area contributed by atoms with Crippen molar-refractivity contribution in [2.24, 2.45) is 5.73 Å². The maximum atomic E-state index is 13.0. The molecule has 0 bridgehead atoms. The van der Waals surface area contributed by atoms with Crippen molar-refractivity contribution >= 4 is 35.1 Å². The number of carbonyl (C=O) groups is 2. The third-order valence-electron chi connectivity index (χ3n) is 5.01. The number of carboxylic acid groups (broad SMARTS) is 1. The quantitative estimate of drug-likeness (QED) is 0.298. The van der Waals surface area contributed by atoms with Gasteiger partial charge >= 0.3 is 17.3 Å². The summed E-state index contributed by atoms with van der Waals surface area (Å²) in [6.07, 6.45) is 0. The highest BCUT2D eigenvalue weighted by Crippen LogP contribution is 2.23. The second kappa shape index (κ2) is 10.7. The van der Waals surface area contributed by atoms with Gasteiger partial charge in [0.15, 0.2) is 0 Å². The number of primary amides is 1. The van der Waals surface area contributed by atoms with Gasteiger partial charge in [0.1, 0.15) is 18.0 Å². The number of hydrogen-bond acceptors (Lipinski definition) is 8. The molecule has 2 aromatic heterocycles. The van der Waals surface area contributed by atoms with Gasteiger partial charge < -0.3 is 20.9 Å². The van der Waals surface area contributed by atoms with Crippen LogP contribution < -0.4 is 27.2 Å². The van der Waals surface area contributed by atoms with E-state index in [0.717, 1.165) is 4.57 Å². The third-order valence-corrected chi connectivity index (χ3v) is 5.26. The molecule has 0 aliphatic heterocycles. The number of nitrogens with zero attached hydrogens (tertiary/aromatic N) is 4. The summed E-state index contributed by atoms with van der Waals surface area (Å²) in [5.74, 6) is -1.57. The van der Waals surface area contributed by atoms with Gasteiger partial charge in [-0.15, -0.1) is 0 Å². The monoisotopic (exact) mass is 522 g/mol. The van der Waals surface area contributed by atoms with E-state index in [9.17, 15) is 19.2 Å². The second-order valence-electron chi connectivity index (χ2n) is 7.67. The fourth-order valence-corrected chi connectivity index (χ4v) is 3.40. The van der Waals surface area contributed by atoms with Crippen LogP contribution in [-0.4, -0.2) is 36.1 Å². The summed E-state index contributed by atoms with van der Waals surface area (Å²) < 4.78 is 7.33. The minimum Gasteiger partial charge on any atom is -0.480 e. The lowest BCUT2D eigenvalue weighted by molar-refractivity contribution is -0.137. The zero-order valence-corrected chi connectivity index (χ0v) is 19.8. The Morgan fingerprint density at radius 1 is 0.973 bits per heavy atom. The molecule has 4 rings (SSSR count). The summed E-state index contributed by atoms with van der Waals surface area (Å²) in [6.45, 7) is -0.836. The van der Waals surface area contributed by atoms with Crippen LogP contribution in [0.4, 0.5) is 11.6 Å². The van der Waals surface area contributed by atoms with E-state index in [0.29, 0.717) is 26.6 Å². The van der Waals surface area contributed by atoms with E-state index < -0.39 is 29.8 Å². The highest BCUT2D eigenvalue weighted by molar-refractivity contribution is 6.30. The van der Waals surface area contributed by atoms with Crippen LogP contribution in [0.25, 0.3) is 0 Å². The predicted molar refractivity (Wildman–Crippen MR) is 134 cm³/mol. The lowest BCUT2D eigenvalue weighted by Crippen LogP contribution is -2.44. The number of carbonyl (C=O) groups excluding carboxylic acids is 1. The smallest absolute Gasteiger partial charge is 0.355 e. The van der Waals surface area contributed by atoms with Crippen molar-refractivity contribution in [1.29, 1.82) is 0 Å². The Hall–Kier alpha value is -4.97. The van der Waals surface area contributed by atoms with Gasteiger partial charge in [-0.1, -0.05) is 29.8 Å². The number of benzene rings is 2. The van der Waals surface area contributed by atoms with Crippen LogP contribution in [0.2, 0.25) is 5.02 Å². The van der Waals surface area contributed by atoms with Gasteiger partial charge in [0, 0.05) is 16.8 Å². The molecule has 0 saturated carbocycles. The third kappa shape index (κ3) is 6.18. The Balaban J connectivity index is 1.63. The maximum Gasteiger partial charge on any atom is 0.355 e. The van der Waals surface area contributed by atoms with Gasteiger partial charge in [-0.3, -0.25) is 14.2 Å². The maximum absolute atomic E-state index is 13.0. The molecule has 12 nitrogen and oxygen atoms in total. The Bertz CT molecular complexity index is 1580. The van der Waals surface area contributed by atoms with Gasteiger partial charge in [0.25, 0.3) is 5.91 Å².